The van der Waals surface area contributed by atoms with Crippen molar-refractivity contribution in [2.45, 2.75) is 43.6 Å². The Balaban J connectivity index is 1.36. The van der Waals surface area contributed by atoms with Gasteiger partial charge in [-0.1, -0.05) is 24.3 Å². The van der Waals surface area contributed by atoms with Gasteiger partial charge in [-0.05, 0) is 49.1 Å². The number of carbonyl (C=O) groups excluding carboxylic acids is 1. The lowest BCUT2D eigenvalue weighted by Gasteiger charge is -2.23. The van der Waals surface area contributed by atoms with Crippen LogP contribution in [-0.2, 0) is 11.8 Å². The number of likely N-dealkylation sites (tertiary alicyclic amines) is 1. The van der Waals surface area contributed by atoms with E-state index in [0.29, 0.717) is 11.3 Å². The van der Waals surface area contributed by atoms with Crippen molar-refractivity contribution in [3.05, 3.63) is 35.4 Å². The van der Waals surface area contributed by atoms with E-state index in [1.807, 2.05) is 0 Å². The standard InChI is InChI=1S/C18H24N2O2/c21-12-15-5-3-9-20(15)17(22)19-11-14-10-18(14)8-7-13-4-1-2-6-16(13)18/h1-2,4,6,14-15,21H,3,5,7-12H2,(H,19,22)/t14-,15+,18+/m0/s1. The molecule has 3 aliphatic rings. The minimum atomic E-state index is 0.00452. The third kappa shape index (κ3) is 2.12. The van der Waals surface area contributed by atoms with Crippen LogP contribution in [0.1, 0.15) is 36.8 Å². The molecule has 4 nitrogen and oxygen atoms in total. The van der Waals surface area contributed by atoms with Crippen molar-refractivity contribution in [1.29, 1.82) is 0 Å². The normalized spacial score (nSPS) is 32.3. The van der Waals surface area contributed by atoms with E-state index in [1.165, 1.54) is 30.4 Å². The molecule has 2 N–H and O–H groups in total. The average Bonchev–Trinajstić information content (AvgIpc) is 2.89. The van der Waals surface area contributed by atoms with Crippen molar-refractivity contribution in [3.8, 4) is 0 Å². The van der Waals surface area contributed by atoms with Crippen LogP contribution >= 0.6 is 0 Å². The molecule has 2 aliphatic carbocycles. The van der Waals surface area contributed by atoms with Gasteiger partial charge in [0.1, 0.15) is 0 Å². The first-order valence-electron chi connectivity index (χ1n) is 8.48. The molecule has 1 spiro atoms. The fraction of sp³-hybridized carbons (Fsp3) is 0.611. The fourth-order valence-electron chi connectivity index (χ4n) is 4.61. The van der Waals surface area contributed by atoms with Crippen LogP contribution in [-0.4, -0.2) is 41.8 Å². The summed E-state index contributed by atoms with van der Waals surface area (Å²) in [6.45, 7) is 1.62. The molecule has 1 aromatic carbocycles. The van der Waals surface area contributed by atoms with Crippen molar-refractivity contribution in [1.82, 2.24) is 10.2 Å². The zero-order valence-electron chi connectivity index (χ0n) is 12.9. The van der Waals surface area contributed by atoms with Gasteiger partial charge in [-0.25, -0.2) is 4.79 Å². The Bertz CT molecular complexity index is 588. The molecular formula is C18H24N2O2. The van der Waals surface area contributed by atoms with Gasteiger partial charge >= 0.3 is 6.03 Å². The summed E-state index contributed by atoms with van der Waals surface area (Å²) >= 11 is 0. The molecule has 2 amide bonds. The largest absolute Gasteiger partial charge is 0.394 e. The van der Waals surface area contributed by atoms with Crippen molar-refractivity contribution >= 4 is 6.03 Å². The van der Waals surface area contributed by atoms with Crippen LogP contribution < -0.4 is 5.32 Å². The van der Waals surface area contributed by atoms with Crippen LogP contribution in [0.4, 0.5) is 4.79 Å². The van der Waals surface area contributed by atoms with Crippen molar-refractivity contribution in [2.24, 2.45) is 5.92 Å². The minimum Gasteiger partial charge on any atom is -0.394 e. The summed E-state index contributed by atoms with van der Waals surface area (Å²) in [5.74, 6) is 0.579. The lowest BCUT2D eigenvalue weighted by molar-refractivity contribution is 0.157. The predicted octanol–water partition coefficient (Wildman–Crippen LogP) is 2.06. The quantitative estimate of drug-likeness (QED) is 0.898. The van der Waals surface area contributed by atoms with Crippen LogP contribution in [0.5, 0.6) is 0 Å². The molecule has 1 heterocycles. The van der Waals surface area contributed by atoms with Gasteiger partial charge in [0.25, 0.3) is 0 Å². The Kier molecular flexibility index (Phi) is 3.37. The van der Waals surface area contributed by atoms with E-state index in [2.05, 4.69) is 29.6 Å². The first-order valence-corrected chi connectivity index (χ1v) is 8.48. The molecule has 1 saturated heterocycles. The highest BCUT2D eigenvalue weighted by Gasteiger charge is 2.57. The van der Waals surface area contributed by atoms with Crippen LogP contribution in [0, 0.1) is 5.92 Å². The minimum absolute atomic E-state index is 0.00452. The summed E-state index contributed by atoms with van der Waals surface area (Å²) in [5, 5.41) is 12.4. The van der Waals surface area contributed by atoms with Crippen LogP contribution in [0.25, 0.3) is 0 Å². The fourth-order valence-corrected chi connectivity index (χ4v) is 4.61. The predicted molar refractivity (Wildman–Crippen MR) is 84.8 cm³/mol. The van der Waals surface area contributed by atoms with E-state index in [-0.39, 0.29) is 18.7 Å². The molecule has 0 aromatic heterocycles. The molecule has 1 saturated carbocycles. The number of amides is 2. The Hall–Kier alpha value is -1.55. The third-order valence-electron chi connectivity index (χ3n) is 5.97. The Morgan fingerprint density at radius 3 is 3.14 bits per heavy atom. The number of rotatable bonds is 3. The second-order valence-corrected chi connectivity index (χ2v) is 7.07. The summed E-state index contributed by atoms with van der Waals surface area (Å²) in [5.41, 5.74) is 3.35. The molecule has 22 heavy (non-hydrogen) atoms. The average molecular weight is 300 g/mol. The Labute approximate surface area is 131 Å². The number of benzene rings is 1. The van der Waals surface area contributed by atoms with Gasteiger partial charge < -0.3 is 15.3 Å². The number of hydrogen-bond donors (Lipinski definition) is 2. The highest BCUT2D eigenvalue weighted by atomic mass is 16.3. The lowest BCUT2D eigenvalue weighted by Crippen LogP contribution is -2.45. The zero-order chi connectivity index (χ0) is 15.2. The van der Waals surface area contributed by atoms with E-state index in [9.17, 15) is 9.90 Å². The first-order chi connectivity index (χ1) is 10.7. The van der Waals surface area contributed by atoms with Gasteiger partial charge in [0, 0.05) is 18.5 Å². The molecule has 1 aliphatic heterocycles. The Morgan fingerprint density at radius 1 is 1.41 bits per heavy atom. The molecule has 0 bridgehead atoms. The number of nitrogens with zero attached hydrogens (tertiary/aromatic N) is 1. The maximum Gasteiger partial charge on any atom is 0.317 e. The second-order valence-electron chi connectivity index (χ2n) is 7.07. The van der Waals surface area contributed by atoms with Crippen LogP contribution in [0.2, 0.25) is 0 Å². The van der Waals surface area contributed by atoms with E-state index in [0.717, 1.165) is 25.9 Å². The molecular weight excluding hydrogens is 276 g/mol. The monoisotopic (exact) mass is 300 g/mol. The molecule has 0 radical (unpaired) electrons. The van der Waals surface area contributed by atoms with Crippen molar-refractivity contribution < 1.29 is 9.90 Å². The molecule has 118 valence electrons. The van der Waals surface area contributed by atoms with Crippen molar-refractivity contribution in [3.63, 3.8) is 0 Å². The number of fused-ring (bicyclic) bond motifs is 2. The maximum absolute atomic E-state index is 12.3. The number of nitrogens with one attached hydrogen (secondary N) is 1. The van der Waals surface area contributed by atoms with Gasteiger partial charge in [-0.15, -0.1) is 0 Å². The van der Waals surface area contributed by atoms with Gasteiger partial charge in [0.05, 0.1) is 12.6 Å². The summed E-state index contributed by atoms with van der Waals surface area (Å²) < 4.78 is 0. The number of aryl methyl sites for hydroxylation is 1. The maximum atomic E-state index is 12.3. The smallest absolute Gasteiger partial charge is 0.317 e. The number of hydrogen-bond acceptors (Lipinski definition) is 2. The topological polar surface area (TPSA) is 52.6 Å². The Morgan fingerprint density at radius 2 is 2.27 bits per heavy atom. The van der Waals surface area contributed by atoms with E-state index >= 15 is 0 Å². The lowest BCUT2D eigenvalue weighted by atomic mass is 9.95. The molecule has 3 atom stereocenters. The molecule has 4 heteroatoms. The van der Waals surface area contributed by atoms with Crippen molar-refractivity contribution in [2.75, 3.05) is 19.7 Å². The SMILES string of the molecule is O=C(NC[C@@H]1C[C@]12CCc1ccccc12)N1CCC[C@@H]1CO. The van der Waals surface area contributed by atoms with Crippen LogP contribution in [0.3, 0.4) is 0 Å². The van der Waals surface area contributed by atoms with Gasteiger partial charge in [-0.2, -0.15) is 0 Å². The van der Waals surface area contributed by atoms with Gasteiger partial charge in [-0.3, -0.25) is 0 Å². The molecule has 2 fully saturated rings. The van der Waals surface area contributed by atoms with Crippen LogP contribution in [0.15, 0.2) is 24.3 Å². The summed E-state index contributed by atoms with van der Waals surface area (Å²) in [6.07, 6.45) is 5.53. The van der Waals surface area contributed by atoms with Gasteiger partial charge in [0.2, 0.25) is 0 Å². The van der Waals surface area contributed by atoms with E-state index in [1.54, 1.807) is 4.90 Å². The summed E-state index contributed by atoms with van der Waals surface area (Å²) in [7, 11) is 0. The van der Waals surface area contributed by atoms with E-state index in [4.69, 9.17) is 0 Å². The molecule has 0 unspecified atom stereocenters. The zero-order valence-corrected chi connectivity index (χ0v) is 12.9. The first kappa shape index (κ1) is 14.1. The second kappa shape index (κ2) is 5.27. The number of aliphatic hydroxyl groups is 1. The highest BCUT2D eigenvalue weighted by molar-refractivity contribution is 5.75. The van der Waals surface area contributed by atoms with Gasteiger partial charge in [0.15, 0.2) is 0 Å². The third-order valence-corrected chi connectivity index (χ3v) is 5.97. The number of carbonyl (C=O) groups is 1. The molecule has 4 rings (SSSR count). The number of aliphatic hydroxyl groups excluding tert-OH is 1. The van der Waals surface area contributed by atoms with E-state index < -0.39 is 0 Å². The summed E-state index contributed by atoms with van der Waals surface area (Å²) in [6, 6.07) is 8.79. The summed E-state index contributed by atoms with van der Waals surface area (Å²) in [4.78, 5) is 14.1. The highest BCUT2D eigenvalue weighted by Crippen LogP contribution is 2.61. The number of urea groups is 1. The molecule has 1 aromatic rings.